The lowest BCUT2D eigenvalue weighted by atomic mass is 10.1. The van der Waals surface area contributed by atoms with Crippen LogP contribution in [0, 0.1) is 17.5 Å². The summed E-state index contributed by atoms with van der Waals surface area (Å²) in [4.78, 5) is 16.4. The number of hydrogen-bond donors (Lipinski definition) is 0. The largest absolute Gasteiger partial charge is 0.340 e. The Hall–Kier alpha value is -1.56. The van der Waals surface area contributed by atoms with E-state index >= 15 is 0 Å². The molecule has 0 spiro atoms. The monoisotopic (exact) mass is 328 g/mol. The van der Waals surface area contributed by atoms with Crippen molar-refractivity contribution in [2.75, 3.05) is 19.6 Å². The molecule has 0 aliphatic carbocycles. The molecule has 3 nitrogen and oxygen atoms in total. The minimum atomic E-state index is -1.52. The van der Waals surface area contributed by atoms with Crippen molar-refractivity contribution < 1.29 is 18.0 Å². The van der Waals surface area contributed by atoms with E-state index in [0.717, 1.165) is 25.1 Å². The van der Waals surface area contributed by atoms with Crippen LogP contribution in [0.2, 0.25) is 0 Å². The number of rotatable bonds is 4. The molecule has 1 aliphatic heterocycles. The van der Waals surface area contributed by atoms with Crippen LogP contribution in [0.15, 0.2) is 12.1 Å². The fourth-order valence-corrected chi connectivity index (χ4v) is 3.12. The van der Waals surface area contributed by atoms with Crippen LogP contribution in [0.3, 0.4) is 0 Å². The summed E-state index contributed by atoms with van der Waals surface area (Å²) < 4.78 is 39.9. The fourth-order valence-electron chi connectivity index (χ4n) is 3.12. The second-order valence-corrected chi connectivity index (χ2v) is 6.24. The summed E-state index contributed by atoms with van der Waals surface area (Å²) in [5.41, 5.74) is -0.103. The van der Waals surface area contributed by atoms with Gasteiger partial charge in [0.2, 0.25) is 5.91 Å². The van der Waals surface area contributed by atoms with E-state index in [1.165, 1.54) is 0 Å². The van der Waals surface area contributed by atoms with Crippen molar-refractivity contribution in [2.45, 2.75) is 45.7 Å². The van der Waals surface area contributed by atoms with Crippen molar-refractivity contribution in [3.8, 4) is 0 Å². The highest BCUT2D eigenvalue weighted by atomic mass is 19.2. The van der Waals surface area contributed by atoms with Gasteiger partial charge < -0.3 is 4.90 Å². The van der Waals surface area contributed by atoms with Gasteiger partial charge in [0.05, 0.1) is 6.42 Å². The average molecular weight is 328 g/mol. The average Bonchev–Trinajstić information content (AvgIpc) is 2.54. The number of carbonyl (C=O) groups excluding carboxylic acids is 1. The van der Waals surface area contributed by atoms with Gasteiger partial charge in [-0.25, -0.2) is 13.2 Å². The van der Waals surface area contributed by atoms with Crippen LogP contribution >= 0.6 is 0 Å². The molecule has 1 fully saturated rings. The van der Waals surface area contributed by atoms with Gasteiger partial charge in [-0.1, -0.05) is 13.0 Å². The quantitative estimate of drug-likeness (QED) is 0.794. The lowest BCUT2D eigenvalue weighted by Gasteiger charge is -2.43. The van der Waals surface area contributed by atoms with Crippen molar-refractivity contribution in [3.05, 3.63) is 35.1 Å². The molecule has 2 rings (SSSR count). The first-order valence-electron chi connectivity index (χ1n) is 8.01. The molecule has 0 aromatic heterocycles. The van der Waals surface area contributed by atoms with Crippen LogP contribution in [-0.4, -0.2) is 47.4 Å². The number of hydrogen-bond acceptors (Lipinski definition) is 2. The van der Waals surface area contributed by atoms with Crippen LogP contribution in [-0.2, 0) is 11.2 Å². The molecule has 0 unspecified atom stereocenters. The van der Waals surface area contributed by atoms with E-state index in [0.29, 0.717) is 19.1 Å². The maximum Gasteiger partial charge on any atom is 0.227 e. The molecule has 1 saturated heterocycles. The van der Waals surface area contributed by atoms with Crippen LogP contribution < -0.4 is 0 Å². The molecule has 1 atom stereocenters. The number of benzene rings is 1. The number of piperazine rings is 1. The van der Waals surface area contributed by atoms with Gasteiger partial charge in [0.1, 0.15) is 0 Å². The third-order valence-corrected chi connectivity index (χ3v) is 4.47. The summed E-state index contributed by atoms with van der Waals surface area (Å²) in [7, 11) is 0. The second-order valence-electron chi connectivity index (χ2n) is 6.24. The zero-order chi connectivity index (χ0) is 17.1. The Morgan fingerprint density at radius 3 is 2.52 bits per heavy atom. The zero-order valence-corrected chi connectivity index (χ0v) is 13.8. The van der Waals surface area contributed by atoms with E-state index in [1.807, 2.05) is 0 Å². The van der Waals surface area contributed by atoms with Crippen LogP contribution in [0.5, 0.6) is 0 Å². The smallest absolute Gasteiger partial charge is 0.227 e. The summed E-state index contributed by atoms with van der Waals surface area (Å²) >= 11 is 0. The summed E-state index contributed by atoms with van der Waals surface area (Å²) in [6.45, 7) is 8.23. The van der Waals surface area contributed by atoms with E-state index in [1.54, 1.807) is 4.90 Å². The molecular weight excluding hydrogens is 305 g/mol. The standard InChI is InChI=1S/C17H23F3N2O/c1-4-13-10-21(7-8-22(13)11(2)3)15(23)9-12-5-6-14(18)17(20)16(12)19/h5-6,11,13H,4,7-10H2,1-3H3/t13-/m0/s1. The predicted molar refractivity (Wildman–Crippen MR) is 82.5 cm³/mol. The molecule has 0 bridgehead atoms. The molecule has 128 valence electrons. The highest BCUT2D eigenvalue weighted by Gasteiger charge is 2.30. The summed E-state index contributed by atoms with van der Waals surface area (Å²) in [5.74, 6) is -4.29. The normalized spacial score (nSPS) is 19.4. The minimum Gasteiger partial charge on any atom is -0.340 e. The lowest BCUT2D eigenvalue weighted by Crippen LogP contribution is -2.56. The molecule has 1 heterocycles. The molecule has 6 heteroatoms. The SMILES string of the molecule is CC[C@H]1CN(C(=O)Cc2ccc(F)c(F)c2F)CCN1C(C)C. The maximum atomic E-state index is 13.7. The minimum absolute atomic E-state index is 0.103. The van der Waals surface area contributed by atoms with Crippen molar-refractivity contribution in [2.24, 2.45) is 0 Å². The van der Waals surface area contributed by atoms with Crippen molar-refractivity contribution in [1.29, 1.82) is 0 Å². The Balaban J connectivity index is 2.06. The molecule has 0 saturated carbocycles. The van der Waals surface area contributed by atoms with E-state index in [2.05, 4.69) is 25.7 Å². The lowest BCUT2D eigenvalue weighted by molar-refractivity contribution is -0.134. The third-order valence-electron chi connectivity index (χ3n) is 4.47. The van der Waals surface area contributed by atoms with E-state index in [9.17, 15) is 18.0 Å². The Bertz CT molecular complexity index is 577. The number of nitrogens with zero attached hydrogens (tertiary/aromatic N) is 2. The molecule has 23 heavy (non-hydrogen) atoms. The van der Waals surface area contributed by atoms with E-state index < -0.39 is 17.5 Å². The van der Waals surface area contributed by atoms with E-state index in [-0.39, 0.29) is 23.9 Å². The molecule has 1 aromatic carbocycles. The van der Waals surface area contributed by atoms with Crippen molar-refractivity contribution in [3.63, 3.8) is 0 Å². The number of carbonyl (C=O) groups is 1. The Labute approximate surface area is 135 Å². The van der Waals surface area contributed by atoms with Gasteiger partial charge in [-0.3, -0.25) is 9.69 Å². The number of amides is 1. The fraction of sp³-hybridized carbons (Fsp3) is 0.588. The molecule has 1 aliphatic rings. The Morgan fingerprint density at radius 1 is 1.22 bits per heavy atom. The zero-order valence-electron chi connectivity index (χ0n) is 13.8. The van der Waals surface area contributed by atoms with Crippen LogP contribution in [0.4, 0.5) is 13.2 Å². The molecule has 0 N–H and O–H groups in total. The Morgan fingerprint density at radius 2 is 1.91 bits per heavy atom. The van der Waals surface area contributed by atoms with Gasteiger partial charge in [-0.15, -0.1) is 0 Å². The van der Waals surface area contributed by atoms with Crippen molar-refractivity contribution in [1.82, 2.24) is 9.80 Å². The topological polar surface area (TPSA) is 23.6 Å². The molecule has 1 amide bonds. The molecule has 0 radical (unpaired) electrons. The summed E-state index contributed by atoms with van der Waals surface area (Å²) in [6, 6.07) is 2.66. The second kappa shape index (κ2) is 7.34. The number of halogens is 3. The van der Waals surface area contributed by atoms with E-state index in [4.69, 9.17) is 0 Å². The van der Waals surface area contributed by atoms with Crippen molar-refractivity contribution >= 4 is 5.91 Å². The van der Waals surface area contributed by atoms with Gasteiger partial charge in [-0.2, -0.15) is 0 Å². The third kappa shape index (κ3) is 3.86. The van der Waals surface area contributed by atoms with Gasteiger partial charge in [0.15, 0.2) is 17.5 Å². The highest BCUT2D eigenvalue weighted by Crippen LogP contribution is 2.19. The first kappa shape index (κ1) is 17.8. The van der Waals surface area contributed by atoms with Gasteiger partial charge in [-0.05, 0) is 26.3 Å². The first-order chi connectivity index (χ1) is 10.8. The summed E-state index contributed by atoms with van der Waals surface area (Å²) in [5, 5.41) is 0. The van der Waals surface area contributed by atoms with Gasteiger partial charge in [0.25, 0.3) is 0 Å². The first-order valence-corrected chi connectivity index (χ1v) is 8.01. The van der Waals surface area contributed by atoms with Crippen LogP contribution in [0.25, 0.3) is 0 Å². The van der Waals surface area contributed by atoms with Crippen LogP contribution in [0.1, 0.15) is 32.8 Å². The Kier molecular flexibility index (Phi) is 5.68. The van der Waals surface area contributed by atoms with Gasteiger partial charge in [0, 0.05) is 37.3 Å². The molecule has 1 aromatic rings. The maximum absolute atomic E-state index is 13.7. The summed E-state index contributed by atoms with van der Waals surface area (Å²) in [6.07, 6.45) is 0.669. The molecular formula is C17H23F3N2O. The predicted octanol–water partition coefficient (Wildman–Crippen LogP) is 2.98. The van der Waals surface area contributed by atoms with Gasteiger partial charge >= 0.3 is 0 Å². The highest BCUT2D eigenvalue weighted by molar-refractivity contribution is 5.79.